The average Bonchev–Trinajstić information content (AvgIpc) is 3.47. The van der Waals surface area contributed by atoms with Gasteiger partial charge < -0.3 is 9.47 Å². The van der Waals surface area contributed by atoms with Crippen LogP contribution in [-0.2, 0) is 14.3 Å². The molecule has 26 heavy (non-hydrogen) atoms. The molecule has 0 heterocycles. The highest BCUT2D eigenvalue weighted by atomic mass is 35.5. The minimum Gasteiger partial charge on any atom is -0.501 e. The number of allylic oxidation sites excluding steroid dienone is 1. The smallest absolute Gasteiger partial charge is 0.413 e. The number of carbonyl (C=O) groups is 3. The number of amides is 1. The molecule has 8 heteroatoms. The number of carbonyl (C=O) groups excluding carboxylic acids is 3. The molecule has 2 rings (SSSR count). The van der Waals surface area contributed by atoms with E-state index in [1.807, 2.05) is 0 Å². The second-order valence-electron chi connectivity index (χ2n) is 5.74. The molecule has 6 nitrogen and oxygen atoms in total. The molecule has 1 aromatic carbocycles. The van der Waals surface area contributed by atoms with Crippen LogP contribution in [0.1, 0.15) is 30.1 Å². The molecule has 0 atom stereocenters. The summed E-state index contributed by atoms with van der Waals surface area (Å²) in [5.41, 5.74) is 0.0570. The first-order valence-electron chi connectivity index (χ1n) is 8.03. The predicted molar refractivity (Wildman–Crippen MR) is 99.0 cm³/mol. The fraction of sp³-hybridized carbons (Fsp3) is 0.389. The third kappa shape index (κ3) is 4.19. The minimum atomic E-state index is -0.730. The van der Waals surface area contributed by atoms with Gasteiger partial charge in [0.1, 0.15) is 5.57 Å². The van der Waals surface area contributed by atoms with Crippen molar-refractivity contribution >= 4 is 46.5 Å². The van der Waals surface area contributed by atoms with E-state index < -0.39 is 11.9 Å². The number of methoxy groups -OCH3 is 1. The highest BCUT2D eigenvalue weighted by molar-refractivity contribution is 6.45. The maximum atomic E-state index is 13.1. The van der Waals surface area contributed by atoms with Crippen molar-refractivity contribution in [3.63, 3.8) is 0 Å². The van der Waals surface area contributed by atoms with Gasteiger partial charge in [-0.25, -0.2) is 4.79 Å². The lowest BCUT2D eigenvalue weighted by Gasteiger charge is -2.21. The molecule has 1 aromatic rings. The van der Waals surface area contributed by atoms with E-state index in [1.165, 1.54) is 32.6 Å². The van der Waals surface area contributed by atoms with Crippen molar-refractivity contribution in [2.75, 3.05) is 25.7 Å². The molecular weight excluding hydrogens is 381 g/mol. The second kappa shape index (κ2) is 8.56. The van der Waals surface area contributed by atoms with Crippen molar-refractivity contribution < 1.29 is 23.9 Å². The van der Waals surface area contributed by atoms with E-state index in [2.05, 4.69) is 4.74 Å². The third-order valence-electron chi connectivity index (χ3n) is 3.92. The molecular formula is C18H19Cl2NO5. The maximum absolute atomic E-state index is 13.1. The molecule has 1 amide bonds. The van der Waals surface area contributed by atoms with Crippen LogP contribution >= 0.6 is 23.2 Å². The topological polar surface area (TPSA) is 72.9 Å². The van der Waals surface area contributed by atoms with Gasteiger partial charge in [0.25, 0.3) is 0 Å². The monoisotopic (exact) mass is 399 g/mol. The third-order valence-corrected chi connectivity index (χ3v) is 4.72. The first kappa shape index (κ1) is 20.3. The fourth-order valence-electron chi connectivity index (χ4n) is 2.38. The van der Waals surface area contributed by atoms with E-state index in [9.17, 15) is 14.4 Å². The predicted octanol–water partition coefficient (Wildman–Crippen LogP) is 4.28. The molecule has 0 aliphatic heterocycles. The summed E-state index contributed by atoms with van der Waals surface area (Å²) in [6, 6.07) is 2.86. The molecule has 0 unspecified atom stereocenters. The number of benzene rings is 1. The van der Waals surface area contributed by atoms with E-state index in [0.717, 1.165) is 17.7 Å². The second-order valence-corrected chi connectivity index (χ2v) is 6.53. The van der Waals surface area contributed by atoms with Crippen molar-refractivity contribution in [3.8, 4) is 0 Å². The van der Waals surface area contributed by atoms with Gasteiger partial charge in [-0.3, -0.25) is 14.5 Å². The van der Waals surface area contributed by atoms with Crippen LogP contribution in [0.5, 0.6) is 0 Å². The van der Waals surface area contributed by atoms with Crippen molar-refractivity contribution in [2.24, 2.45) is 5.92 Å². The first-order chi connectivity index (χ1) is 12.3. The molecule has 1 aliphatic carbocycles. The van der Waals surface area contributed by atoms with Crippen molar-refractivity contribution in [2.45, 2.75) is 19.8 Å². The van der Waals surface area contributed by atoms with Crippen LogP contribution in [0.4, 0.5) is 10.5 Å². The summed E-state index contributed by atoms with van der Waals surface area (Å²) in [6.45, 7) is 2.06. The lowest BCUT2D eigenvalue weighted by Crippen LogP contribution is -2.29. The van der Waals surface area contributed by atoms with E-state index in [4.69, 9.17) is 27.9 Å². The Hall–Kier alpha value is -2.05. The molecule has 0 bridgehead atoms. The summed E-state index contributed by atoms with van der Waals surface area (Å²) in [7, 11) is 2.60. The summed E-state index contributed by atoms with van der Waals surface area (Å²) in [4.78, 5) is 38.6. The Bertz CT molecular complexity index is 771. The minimum absolute atomic E-state index is 0.0139. The van der Waals surface area contributed by atoms with E-state index in [0.29, 0.717) is 6.61 Å². The molecule has 0 aromatic heterocycles. The highest BCUT2D eigenvalue weighted by Crippen LogP contribution is 2.38. The highest BCUT2D eigenvalue weighted by Gasteiger charge is 2.36. The van der Waals surface area contributed by atoms with Gasteiger partial charge in [-0.1, -0.05) is 23.2 Å². The molecule has 1 fully saturated rings. The van der Waals surface area contributed by atoms with E-state index >= 15 is 0 Å². The van der Waals surface area contributed by atoms with Gasteiger partial charge in [-0.05, 0) is 31.9 Å². The van der Waals surface area contributed by atoms with Crippen LogP contribution in [0.15, 0.2) is 24.0 Å². The summed E-state index contributed by atoms with van der Waals surface area (Å²) in [6.07, 6.45) is 1.93. The molecule has 1 saturated carbocycles. The molecule has 140 valence electrons. The number of hydrogen-bond acceptors (Lipinski definition) is 5. The number of nitrogens with zero attached hydrogens (tertiary/aromatic N) is 1. The van der Waals surface area contributed by atoms with Crippen LogP contribution in [0.25, 0.3) is 0 Å². The van der Waals surface area contributed by atoms with Gasteiger partial charge in [0, 0.05) is 18.5 Å². The molecule has 0 spiro atoms. The number of ketones is 2. The number of hydrogen-bond donors (Lipinski definition) is 0. The van der Waals surface area contributed by atoms with Crippen LogP contribution < -0.4 is 4.90 Å². The number of rotatable bonds is 7. The fourth-order valence-corrected chi connectivity index (χ4v) is 2.82. The Labute approximate surface area is 161 Å². The molecule has 0 radical (unpaired) electrons. The maximum Gasteiger partial charge on any atom is 0.413 e. The summed E-state index contributed by atoms with van der Waals surface area (Å²) < 4.78 is 9.88. The SMILES string of the molecule is CCOC=C(C(=O)c1ccc(Cl)c(Cl)c1N(C)C(=O)OC)C(=O)C1CC1. The quantitative estimate of drug-likeness (QED) is 0.225. The van der Waals surface area contributed by atoms with Gasteiger partial charge in [-0.2, -0.15) is 0 Å². The normalized spacial score (nSPS) is 14.0. The number of anilines is 1. The van der Waals surface area contributed by atoms with Crippen molar-refractivity contribution in [1.82, 2.24) is 0 Å². The van der Waals surface area contributed by atoms with Gasteiger partial charge in [0.05, 0.1) is 35.7 Å². The zero-order valence-electron chi connectivity index (χ0n) is 14.7. The van der Waals surface area contributed by atoms with Gasteiger partial charge >= 0.3 is 6.09 Å². The zero-order valence-corrected chi connectivity index (χ0v) is 16.2. The van der Waals surface area contributed by atoms with Gasteiger partial charge in [0.2, 0.25) is 5.78 Å². The van der Waals surface area contributed by atoms with E-state index in [1.54, 1.807) is 6.92 Å². The first-order valence-corrected chi connectivity index (χ1v) is 8.79. The average molecular weight is 400 g/mol. The van der Waals surface area contributed by atoms with Crippen molar-refractivity contribution in [3.05, 3.63) is 39.6 Å². The molecule has 0 N–H and O–H groups in total. The van der Waals surface area contributed by atoms with Crippen LogP contribution in [0, 0.1) is 5.92 Å². The van der Waals surface area contributed by atoms with E-state index in [-0.39, 0.29) is 38.6 Å². The zero-order chi connectivity index (χ0) is 19.4. The Morgan fingerprint density at radius 3 is 2.46 bits per heavy atom. The Balaban J connectivity index is 2.54. The Morgan fingerprint density at radius 2 is 1.92 bits per heavy atom. The summed E-state index contributed by atoms with van der Waals surface area (Å²) >= 11 is 12.3. The molecule has 1 aliphatic rings. The molecule has 0 saturated heterocycles. The van der Waals surface area contributed by atoms with Gasteiger partial charge in [-0.15, -0.1) is 0 Å². The standard InChI is InChI=1S/C18H19Cl2NO5/c1-4-26-9-12(16(22)10-5-6-10)17(23)11-7-8-13(19)14(20)15(11)21(2)18(24)25-3/h7-10H,4-6H2,1-3H3. The number of halogens is 2. The van der Waals surface area contributed by atoms with Gasteiger partial charge in [0.15, 0.2) is 5.78 Å². The number of ether oxygens (including phenoxy) is 2. The lowest BCUT2D eigenvalue weighted by atomic mass is 9.97. The lowest BCUT2D eigenvalue weighted by molar-refractivity contribution is -0.116. The van der Waals surface area contributed by atoms with Crippen LogP contribution in [0.2, 0.25) is 10.0 Å². The van der Waals surface area contributed by atoms with Crippen LogP contribution in [0.3, 0.4) is 0 Å². The summed E-state index contributed by atoms with van der Waals surface area (Å²) in [5.74, 6) is -1.03. The van der Waals surface area contributed by atoms with Crippen molar-refractivity contribution in [1.29, 1.82) is 0 Å². The van der Waals surface area contributed by atoms with Crippen LogP contribution in [-0.4, -0.2) is 38.4 Å². The Morgan fingerprint density at radius 1 is 1.27 bits per heavy atom. The largest absolute Gasteiger partial charge is 0.501 e. The Kier molecular flexibility index (Phi) is 6.67. The number of Topliss-reactive ketones (excluding diaryl/α,β-unsaturated/α-hetero) is 2. The summed E-state index contributed by atoms with van der Waals surface area (Å²) in [5, 5.41) is 0.179.